The smallest absolute Gasteiger partial charge is 0.254 e. The van der Waals surface area contributed by atoms with Gasteiger partial charge in [-0.1, -0.05) is 48.5 Å². The average Bonchev–Trinajstić information content (AvgIpc) is 3.16. The third-order valence-corrected chi connectivity index (χ3v) is 6.44. The van der Waals surface area contributed by atoms with Gasteiger partial charge in [-0.05, 0) is 17.2 Å². The first-order chi connectivity index (χ1) is 13.2. The minimum atomic E-state index is -0.354. The number of benzene rings is 2. The number of hydrogen-bond donors (Lipinski definition) is 2. The fraction of sp³-hybridized carbons (Fsp3) is 0.409. The zero-order valence-corrected chi connectivity index (χ0v) is 15.2. The molecule has 3 saturated heterocycles. The second-order valence-corrected chi connectivity index (χ2v) is 7.90. The lowest BCUT2D eigenvalue weighted by atomic mass is 9.83. The van der Waals surface area contributed by atoms with Crippen molar-refractivity contribution >= 4 is 5.91 Å². The van der Waals surface area contributed by atoms with Gasteiger partial charge >= 0.3 is 0 Å². The van der Waals surface area contributed by atoms with Crippen molar-refractivity contribution in [3.8, 4) is 11.1 Å². The van der Waals surface area contributed by atoms with E-state index in [4.69, 9.17) is 4.74 Å². The van der Waals surface area contributed by atoms with Crippen LogP contribution in [0.2, 0.25) is 0 Å². The van der Waals surface area contributed by atoms with Gasteiger partial charge in [-0.25, -0.2) is 0 Å². The standard InChI is InChI=1S/C22H24N2O3/c25-12-18-19-11-24(14-22(19)13-23-10-20(18)27-22)21(26)17-9-5-4-8-16(17)15-6-2-1-3-7-15/h1-9,18-20,23,25H,10-14H2/t18-,19+,20+,22+/m0/s1. The first-order valence-electron chi connectivity index (χ1n) is 9.65. The summed E-state index contributed by atoms with van der Waals surface area (Å²) in [6.45, 7) is 2.87. The van der Waals surface area contributed by atoms with Gasteiger partial charge in [0.2, 0.25) is 0 Å². The molecular weight excluding hydrogens is 340 g/mol. The molecule has 1 amide bonds. The van der Waals surface area contributed by atoms with E-state index in [1.807, 2.05) is 59.5 Å². The Morgan fingerprint density at radius 1 is 1.19 bits per heavy atom. The lowest BCUT2D eigenvalue weighted by Gasteiger charge is -2.34. The van der Waals surface area contributed by atoms with Crippen LogP contribution in [-0.4, -0.2) is 60.4 Å². The summed E-state index contributed by atoms with van der Waals surface area (Å²) >= 11 is 0. The summed E-state index contributed by atoms with van der Waals surface area (Å²) in [5.41, 5.74) is 2.37. The molecule has 1 spiro atoms. The normalized spacial score (nSPS) is 31.7. The Balaban J connectivity index is 1.46. The van der Waals surface area contributed by atoms with Gasteiger partial charge in [0.1, 0.15) is 5.60 Å². The number of aliphatic hydroxyl groups is 1. The molecule has 2 bridgehead atoms. The fourth-order valence-corrected chi connectivity index (χ4v) is 5.16. The minimum Gasteiger partial charge on any atom is -0.396 e. The summed E-state index contributed by atoms with van der Waals surface area (Å²) in [7, 11) is 0. The number of rotatable bonds is 3. The van der Waals surface area contributed by atoms with Crippen LogP contribution in [0.4, 0.5) is 0 Å². The van der Waals surface area contributed by atoms with Crippen LogP contribution in [0.15, 0.2) is 54.6 Å². The Labute approximate surface area is 158 Å². The number of morpholine rings is 1. The molecule has 2 N–H and O–H groups in total. The second kappa shape index (κ2) is 6.44. The van der Waals surface area contributed by atoms with Crippen LogP contribution >= 0.6 is 0 Å². The number of ether oxygens (including phenoxy) is 1. The third-order valence-electron chi connectivity index (χ3n) is 6.44. The van der Waals surface area contributed by atoms with Crippen molar-refractivity contribution < 1.29 is 14.6 Å². The maximum Gasteiger partial charge on any atom is 0.254 e. The molecule has 5 heteroatoms. The second-order valence-electron chi connectivity index (χ2n) is 7.90. The molecule has 2 aromatic rings. The zero-order valence-electron chi connectivity index (χ0n) is 15.2. The van der Waals surface area contributed by atoms with Gasteiger partial charge in [0.25, 0.3) is 5.91 Å². The zero-order chi connectivity index (χ0) is 18.4. The summed E-state index contributed by atoms with van der Waals surface area (Å²) in [6.07, 6.45) is 0.0580. The van der Waals surface area contributed by atoms with Crippen LogP contribution in [0.3, 0.4) is 0 Å². The number of hydrogen-bond acceptors (Lipinski definition) is 4. The van der Waals surface area contributed by atoms with Crippen molar-refractivity contribution in [2.45, 2.75) is 11.7 Å². The summed E-state index contributed by atoms with van der Waals surface area (Å²) in [5.74, 6) is 0.332. The summed E-state index contributed by atoms with van der Waals surface area (Å²) in [4.78, 5) is 15.3. The largest absolute Gasteiger partial charge is 0.396 e. The van der Waals surface area contributed by atoms with Gasteiger partial charge in [-0.15, -0.1) is 0 Å². The molecule has 3 fully saturated rings. The van der Waals surface area contributed by atoms with Crippen LogP contribution < -0.4 is 5.32 Å². The van der Waals surface area contributed by atoms with Crippen LogP contribution in [-0.2, 0) is 4.74 Å². The van der Waals surface area contributed by atoms with Crippen molar-refractivity contribution in [1.29, 1.82) is 0 Å². The number of likely N-dealkylation sites (tertiary alicyclic amines) is 1. The molecule has 0 aliphatic carbocycles. The Kier molecular flexibility index (Phi) is 4.04. The molecule has 0 radical (unpaired) electrons. The Hall–Kier alpha value is -2.21. The summed E-state index contributed by atoms with van der Waals surface area (Å²) < 4.78 is 6.33. The molecular formula is C22H24N2O3. The molecule has 2 aromatic carbocycles. The number of aliphatic hydroxyl groups excluding tert-OH is 1. The van der Waals surface area contributed by atoms with E-state index < -0.39 is 0 Å². The van der Waals surface area contributed by atoms with Crippen molar-refractivity contribution in [3.05, 3.63) is 60.2 Å². The average molecular weight is 364 g/mol. The van der Waals surface area contributed by atoms with Gasteiger partial charge < -0.3 is 20.1 Å². The number of amides is 1. The van der Waals surface area contributed by atoms with E-state index in [1.54, 1.807) is 0 Å². The predicted molar refractivity (Wildman–Crippen MR) is 102 cm³/mol. The molecule has 3 heterocycles. The Morgan fingerprint density at radius 2 is 1.96 bits per heavy atom. The number of nitrogens with one attached hydrogen (secondary N) is 1. The Bertz CT molecular complexity index is 856. The first-order valence-corrected chi connectivity index (χ1v) is 9.65. The molecule has 140 valence electrons. The number of carbonyl (C=O) groups is 1. The van der Waals surface area contributed by atoms with Gasteiger partial charge in [0.05, 0.1) is 12.6 Å². The van der Waals surface area contributed by atoms with E-state index >= 15 is 0 Å². The molecule has 0 unspecified atom stereocenters. The van der Waals surface area contributed by atoms with E-state index in [-0.39, 0.29) is 36.1 Å². The van der Waals surface area contributed by atoms with E-state index in [0.717, 1.165) is 29.8 Å². The number of nitrogens with zero attached hydrogens (tertiary/aromatic N) is 1. The first kappa shape index (κ1) is 16.9. The molecule has 3 aliphatic rings. The molecule has 5 rings (SSSR count). The maximum absolute atomic E-state index is 13.4. The van der Waals surface area contributed by atoms with Gasteiger partial charge in [-0.2, -0.15) is 0 Å². The van der Waals surface area contributed by atoms with Crippen molar-refractivity contribution in [1.82, 2.24) is 10.2 Å². The van der Waals surface area contributed by atoms with Gasteiger partial charge in [0, 0.05) is 43.6 Å². The van der Waals surface area contributed by atoms with Crippen molar-refractivity contribution in [2.75, 3.05) is 32.8 Å². The Morgan fingerprint density at radius 3 is 2.78 bits per heavy atom. The highest BCUT2D eigenvalue weighted by molar-refractivity contribution is 6.01. The SMILES string of the molecule is O=C(c1ccccc1-c1ccccc1)N1C[C@@H]2[C@H](CO)[C@H]3CNC[C@]2(C1)O3. The van der Waals surface area contributed by atoms with Crippen molar-refractivity contribution in [3.63, 3.8) is 0 Å². The number of carbonyl (C=O) groups excluding carboxylic acids is 1. The monoisotopic (exact) mass is 364 g/mol. The quantitative estimate of drug-likeness (QED) is 0.872. The lowest BCUT2D eigenvalue weighted by molar-refractivity contribution is -0.0726. The molecule has 0 saturated carbocycles. The molecule has 4 atom stereocenters. The van der Waals surface area contributed by atoms with E-state index in [0.29, 0.717) is 13.1 Å². The number of fused-ring (bicyclic) bond motifs is 1. The maximum atomic E-state index is 13.4. The van der Waals surface area contributed by atoms with Crippen LogP contribution in [0.5, 0.6) is 0 Å². The van der Waals surface area contributed by atoms with E-state index in [2.05, 4.69) is 5.32 Å². The highest BCUT2D eigenvalue weighted by Gasteiger charge is 2.61. The molecule has 5 nitrogen and oxygen atoms in total. The predicted octanol–water partition coefficient (Wildman–Crippen LogP) is 1.77. The van der Waals surface area contributed by atoms with Crippen LogP contribution in [0.1, 0.15) is 10.4 Å². The highest BCUT2D eigenvalue weighted by atomic mass is 16.5. The topological polar surface area (TPSA) is 61.8 Å². The van der Waals surface area contributed by atoms with Crippen LogP contribution in [0.25, 0.3) is 11.1 Å². The molecule has 27 heavy (non-hydrogen) atoms. The van der Waals surface area contributed by atoms with Gasteiger partial charge in [0.15, 0.2) is 0 Å². The summed E-state index contributed by atoms with van der Waals surface area (Å²) in [5, 5.41) is 13.3. The van der Waals surface area contributed by atoms with Crippen LogP contribution in [0, 0.1) is 11.8 Å². The fourth-order valence-electron chi connectivity index (χ4n) is 5.16. The van der Waals surface area contributed by atoms with Gasteiger partial charge in [-0.3, -0.25) is 4.79 Å². The van der Waals surface area contributed by atoms with E-state index in [1.165, 1.54) is 0 Å². The lowest BCUT2D eigenvalue weighted by Crippen LogP contribution is -2.52. The third kappa shape index (κ3) is 2.61. The highest BCUT2D eigenvalue weighted by Crippen LogP contribution is 2.47. The van der Waals surface area contributed by atoms with E-state index in [9.17, 15) is 9.90 Å². The minimum absolute atomic E-state index is 0.0423. The molecule has 0 aromatic heterocycles. The molecule has 3 aliphatic heterocycles. The van der Waals surface area contributed by atoms with Crippen molar-refractivity contribution in [2.24, 2.45) is 11.8 Å². The summed E-state index contributed by atoms with van der Waals surface area (Å²) in [6, 6.07) is 17.8.